The molecule has 3 N–H and O–H groups in total. The van der Waals surface area contributed by atoms with Crippen LogP contribution >= 0.6 is 11.3 Å². The number of nitrogen functional groups attached to an aromatic ring is 1. The molecule has 0 atom stereocenters. The Morgan fingerprint density at radius 2 is 1.76 bits per heavy atom. The summed E-state index contributed by atoms with van der Waals surface area (Å²) in [6.07, 6.45) is 1.48. The fourth-order valence-corrected chi connectivity index (χ4v) is 2.89. The lowest BCUT2D eigenvalue weighted by Crippen LogP contribution is -2.11. The highest BCUT2D eigenvalue weighted by Gasteiger charge is 2.08. The highest BCUT2D eigenvalue weighted by molar-refractivity contribution is 7.22. The summed E-state index contributed by atoms with van der Waals surface area (Å²) in [5.41, 5.74) is 10.0. The van der Waals surface area contributed by atoms with Gasteiger partial charge in [-0.05, 0) is 24.3 Å². The van der Waals surface area contributed by atoms with Gasteiger partial charge in [0.15, 0.2) is 5.43 Å². The molecule has 5 heteroatoms. The van der Waals surface area contributed by atoms with Crippen LogP contribution in [0.3, 0.4) is 0 Å². The van der Waals surface area contributed by atoms with E-state index in [1.807, 2.05) is 48.5 Å². The molecule has 1 heterocycles. The number of rotatable bonds is 3. The second-order valence-corrected chi connectivity index (χ2v) is 5.53. The Balaban J connectivity index is 1.95. The second-order valence-electron chi connectivity index (χ2n) is 4.44. The zero-order valence-corrected chi connectivity index (χ0v) is 11.9. The topological polar surface area (TPSA) is 67.5 Å². The van der Waals surface area contributed by atoms with Gasteiger partial charge in [-0.1, -0.05) is 30.3 Å². The first-order chi connectivity index (χ1) is 10.3. The fourth-order valence-electron chi connectivity index (χ4n) is 1.98. The first kappa shape index (κ1) is 13.3. The maximum Gasteiger partial charge on any atom is 0.198 e. The number of fused-ring (bicyclic) bond motifs is 1. The zero-order valence-electron chi connectivity index (χ0n) is 11.1. The lowest BCUT2D eigenvalue weighted by molar-refractivity contribution is 1.35. The van der Waals surface area contributed by atoms with E-state index in [2.05, 4.69) is 10.5 Å². The molecule has 104 valence electrons. The molecule has 3 aromatic rings. The molecule has 0 fully saturated rings. The minimum Gasteiger partial charge on any atom is -0.390 e. The average molecular weight is 295 g/mol. The van der Waals surface area contributed by atoms with Crippen LogP contribution in [0.15, 0.2) is 64.5 Å². The number of nitrogens with one attached hydrogen (secondary N) is 1. The molecular formula is C16H13N3OS. The van der Waals surface area contributed by atoms with Crippen molar-refractivity contribution in [2.75, 3.05) is 11.2 Å². The van der Waals surface area contributed by atoms with Crippen molar-refractivity contribution in [2.24, 2.45) is 5.10 Å². The number of benzene rings is 2. The first-order valence-corrected chi connectivity index (χ1v) is 7.23. The number of hydrogen-bond acceptors (Lipinski definition) is 5. The SMILES string of the molecule is Nc1sc2ccccc2c(=O)c1/C=N/Nc1ccccc1. The van der Waals surface area contributed by atoms with Crippen LogP contribution in [-0.2, 0) is 0 Å². The molecule has 0 aliphatic rings. The van der Waals surface area contributed by atoms with Crippen LogP contribution in [-0.4, -0.2) is 6.21 Å². The van der Waals surface area contributed by atoms with Gasteiger partial charge in [-0.25, -0.2) is 0 Å². The summed E-state index contributed by atoms with van der Waals surface area (Å²) >= 11 is 1.39. The fraction of sp³-hybridized carbons (Fsp3) is 0. The third-order valence-corrected chi connectivity index (χ3v) is 4.04. The highest BCUT2D eigenvalue weighted by Crippen LogP contribution is 2.22. The number of hydrogen-bond donors (Lipinski definition) is 2. The summed E-state index contributed by atoms with van der Waals surface area (Å²) in [4.78, 5) is 12.4. The Bertz CT molecular complexity index is 856. The molecule has 4 nitrogen and oxygen atoms in total. The number of nitrogens with two attached hydrogens (primary N) is 1. The summed E-state index contributed by atoms with van der Waals surface area (Å²) < 4.78 is 0.883. The molecule has 0 saturated carbocycles. The molecule has 21 heavy (non-hydrogen) atoms. The van der Waals surface area contributed by atoms with Crippen LogP contribution in [0.4, 0.5) is 10.7 Å². The van der Waals surface area contributed by atoms with Crippen molar-refractivity contribution in [3.63, 3.8) is 0 Å². The second kappa shape index (κ2) is 5.76. The molecule has 0 spiro atoms. The largest absolute Gasteiger partial charge is 0.390 e. The summed E-state index contributed by atoms with van der Waals surface area (Å²) in [6, 6.07) is 16.9. The van der Waals surface area contributed by atoms with Gasteiger partial charge in [0.1, 0.15) is 0 Å². The normalized spacial score (nSPS) is 11.0. The Labute approximate surface area is 125 Å². The van der Waals surface area contributed by atoms with Crippen LogP contribution in [0, 0.1) is 0 Å². The third kappa shape index (κ3) is 2.78. The molecule has 0 amide bonds. The van der Waals surface area contributed by atoms with Crippen molar-refractivity contribution in [3.05, 3.63) is 70.4 Å². The van der Waals surface area contributed by atoms with E-state index >= 15 is 0 Å². The standard InChI is InChI=1S/C16H13N3OS/c17-16-13(10-18-19-11-6-2-1-3-7-11)15(20)12-8-4-5-9-14(12)21-16/h1-10,19H,17H2/b18-10+. The summed E-state index contributed by atoms with van der Waals surface area (Å²) in [7, 11) is 0. The van der Waals surface area contributed by atoms with Crippen molar-refractivity contribution in [3.8, 4) is 0 Å². The summed E-state index contributed by atoms with van der Waals surface area (Å²) in [5, 5.41) is 5.23. The van der Waals surface area contributed by atoms with E-state index < -0.39 is 0 Å². The molecule has 0 bridgehead atoms. The van der Waals surface area contributed by atoms with E-state index in [9.17, 15) is 4.79 Å². The van der Waals surface area contributed by atoms with Gasteiger partial charge < -0.3 is 5.73 Å². The van der Waals surface area contributed by atoms with Crippen molar-refractivity contribution in [2.45, 2.75) is 0 Å². The maximum atomic E-state index is 12.4. The molecule has 0 aliphatic heterocycles. The number of para-hydroxylation sites is 1. The van der Waals surface area contributed by atoms with Gasteiger partial charge in [0.05, 0.1) is 22.5 Å². The van der Waals surface area contributed by atoms with Gasteiger partial charge >= 0.3 is 0 Å². The van der Waals surface area contributed by atoms with Crippen molar-refractivity contribution in [1.82, 2.24) is 0 Å². The predicted molar refractivity (Wildman–Crippen MR) is 90.2 cm³/mol. The zero-order chi connectivity index (χ0) is 14.7. The van der Waals surface area contributed by atoms with Crippen molar-refractivity contribution in [1.29, 1.82) is 0 Å². The van der Waals surface area contributed by atoms with E-state index in [1.54, 1.807) is 6.07 Å². The lowest BCUT2D eigenvalue weighted by atomic mass is 10.2. The van der Waals surface area contributed by atoms with Gasteiger partial charge in [0, 0.05) is 10.1 Å². The molecule has 0 radical (unpaired) electrons. The molecule has 0 unspecified atom stereocenters. The summed E-state index contributed by atoms with van der Waals surface area (Å²) in [5.74, 6) is 0. The van der Waals surface area contributed by atoms with Crippen molar-refractivity contribution < 1.29 is 0 Å². The average Bonchev–Trinajstić information content (AvgIpc) is 2.51. The summed E-state index contributed by atoms with van der Waals surface area (Å²) in [6.45, 7) is 0. The van der Waals surface area contributed by atoms with Gasteiger partial charge in [-0.3, -0.25) is 10.2 Å². The van der Waals surface area contributed by atoms with E-state index in [-0.39, 0.29) is 5.43 Å². The van der Waals surface area contributed by atoms with Crippen LogP contribution in [0.5, 0.6) is 0 Å². The first-order valence-electron chi connectivity index (χ1n) is 6.41. The van der Waals surface area contributed by atoms with Crippen LogP contribution in [0.25, 0.3) is 10.1 Å². The molecule has 0 aliphatic carbocycles. The Kier molecular flexibility index (Phi) is 3.66. The van der Waals surface area contributed by atoms with E-state index in [0.717, 1.165) is 10.4 Å². The number of hydrazone groups is 1. The maximum absolute atomic E-state index is 12.4. The minimum absolute atomic E-state index is 0.0968. The highest BCUT2D eigenvalue weighted by atomic mass is 32.1. The van der Waals surface area contributed by atoms with Gasteiger partial charge in [0.25, 0.3) is 0 Å². The van der Waals surface area contributed by atoms with E-state index in [0.29, 0.717) is 16.0 Å². The predicted octanol–water partition coefficient (Wildman–Crippen LogP) is 3.29. The van der Waals surface area contributed by atoms with Gasteiger partial charge in [0.2, 0.25) is 0 Å². The van der Waals surface area contributed by atoms with E-state index in [1.165, 1.54) is 17.6 Å². The molecular weight excluding hydrogens is 282 g/mol. The molecule has 1 aromatic heterocycles. The van der Waals surface area contributed by atoms with Gasteiger partial charge in [-0.2, -0.15) is 5.10 Å². The van der Waals surface area contributed by atoms with Crippen LogP contribution in [0.2, 0.25) is 0 Å². The lowest BCUT2D eigenvalue weighted by Gasteiger charge is -2.02. The third-order valence-electron chi connectivity index (χ3n) is 3.02. The van der Waals surface area contributed by atoms with Crippen LogP contribution < -0.4 is 16.6 Å². The minimum atomic E-state index is -0.0968. The molecule has 0 saturated heterocycles. The number of anilines is 2. The molecule has 3 rings (SSSR count). The Morgan fingerprint density at radius 1 is 1.05 bits per heavy atom. The monoisotopic (exact) mass is 295 g/mol. The number of nitrogens with zero attached hydrogens (tertiary/aromatic N) is 1. The van der Waals surface area contributed by atoms with Crippen molar-refractivity contribution >= 4 is 38.3 Å². The quantitative estimate of drug-likeness (QED) is 0.575. The van der Waals surface area contributed by atoms with Gasteiger partial charge in [-0.15, -0.1) is 11.3 Å². The molecule has 2 aromatic carbocycles. The Hall–Kier alpha value is -2.66. The Morgan fingerprint density at radius 3 is 2.57 bits per heavy atom. The smallest absolute Gasteiger partial charge is 0.198 e. The van der Waals surface area contributed by atoms with Crippen LogP contribution in [0.1, 0.15) is 5.56 Å². The van der Waals surface area contributed by atoms with E-state index in [4.69, 9.17) is 5.73 Å².